The molecular weight excluding hydrogens is 581 g/mol. The van der Waals surface area contributed by atoms with Gasteiger partial charge in [-0.1, -0.05) is 140 Å². The molecule has 0 spiro atoms. The van der Waals surface area contributed by atoms with Crippen LogP contribution in [0.1, 0.15) is 17.9 Å². The average Bonchev–Trinajstić information content (AvgIpc) is 3.51. The van der Waals surface area contributed by atoms with Crippen molar-refractivity contribution in [3.05, 3.63) is 194 Å². The van der Waals surface area contributed by atoms with Gasteiger partial charge < -0.3 is 9.47 Å². The SMILES string of the molecule is C1=CCC(c2ccc(N(c3ccc(-c4ccccc4)cc3)c3ccc4c5ccc6ccccc6c5n(-c5ccccc5)c4c3)cc2)C=C1. The lowest BCUT2D eigenvalue weighted by Gasteiger charge is -2.26. The highest BCUT2D eigenvalue weighted by atomic mass is 15.1. The molecule has 8 aromatic rings. The summed E-state index contributed by atoms with van der Waals surface area (Å²) in [5.41, 5.74) is 10.7. The predicted octanol–water partition coefficient (Wildman–Crippen LogP) is 12.7. The first-order valence-corrected chi connectivity index (χ1v) is 16.7. The van der Waals surface area contributed by atoms with Gasteiger partial charge in [0.2, 0.25) is 0 Å². The van der Waals surface area contributed by atoms with Gasteiger partial charge in [-0.25, -0.2) is 0 Å². The van der Waals surface area contributed by atoms with Crippen LogP contribution in [0.4, 0.5) is 17.1 Å². The van der Waals surface area contributed by atoms with Crippen molar-refractivity contribution in [3.63, 3.8) is 0 Å². The van der Waals surface area contributed by atoms with Crippen LogP contribution in [0.3, 0.4) is 0 Å². The fraction of sp³-hybridized carbons (Fsp3) is 0.0435. The second-order valence-electron chi connectivity index (χ2n) is 12.6. The molecule has 0 fully saturated rings. The number of fused-ring (bicyclic) bond motifs is 5. The number of anilines is 3. The van der Waals surface area contributed by atoms with Crippen LogP contribution in [-0.4, -0.2) is 4.57 Å². The monoisotopic (exact) mass is 614 g/mol. The number of rotatable bonds is 6. The maximum Gasteiger partial charge on any atom is 0.0619 e. The molecule has 2 heteroatoms. The number of benzene rings is 7. The van der Waals surface area contributed by atoms with E-state index in [1.165, 1.54) is 49.3 Å². The lowest BCUT2D eigenvalue weighted by molar-refractivity contribution is 0.854. The lowest BCUT2D eigenvalue weighted by atomic mass is 9.92. The van der Waals surface area contributed by atoms with E-state index < -0.39 is 0 Å². The Morgan fingerprint density at radius 1 is 0.500 bits per heavy atom. The van der Waals surface area contributed by atoms with Crippen LogP contribution in [0.25, 0.3) is 49.4 Å². The topological polar surface area (TPSA) is 8.17 Å². The van der Waals surface area contributed by atoms with Crippen LogP contribution in [0, 0.1) is 0 Å². The molecule has 0 saturated heterocycles. The highest BCUT2D eigenvalue weighted by Crippen LogP contribution is 2.42. The van der Waals surface area contributed by atoms with Crippen LogP contribution in [0.15, 0.2) is 188 Å². The molecular formula is C46H34N2. The molecule has 9 rings (SSSR count). The molecule has 0 saturated carbocycles. The Balaban J connectivity index is 1.24. The van der Waals surface area contributed by atoms with Gasteiger partial charge in [0.05, 0.1) is 11.0 Å². The number of allylic oxidation sites excluding steroid dienone is 4. The van der Waals surface area contributed by atoms with Gasteiger partial charge in [0.1, 0.15) is 0 Å². The quantitative estimate of drug-likeness (QED) is 0.181. The van der Waals surface area contributed by atoms with E-state index in [-0.39, 0.29) is 0 Å². The van der Waals surface area contributed by atoms with Crippen molar-refractivity contribution in [2.24, 2.45) is 0 Å². The minimum atomic E-state index is 0.412. The number of hydrogen-bond acceptors (Lipinski definition) is 1. The summed E-state index contributed by atoms with van der Waals surface area (Å²) in [6.07, 6.45) is 9.89. The third-order valence-electron chi connectivity index (χ3n) is 9.70. The highest BCUT2D eigenvalue weighted by Gasteiger charge is 2.19. The maximum absolute atomic E-state index is 2.44. The zero-order chi connectivity index (χ0) is 31.9. The first kappa shape index (κ1) is 28.1. The van der Waals surface area contributed by atoms with Gasteiger partial charge in [-0.2, -0.15) is 0 Å². The zero-order valence-corrected chi connectivity index (χ0v) is 26.6. The third-order valence-corrected chi connectivity index (χ3v) is 9.70. The first-order valence-electron chi connectivity index (χ1n) is 16.7. The normalized spacial score (nSPS) is 14.2. The van der Waals surface area contributed by atoms with Gasteiger partial charge in [0, 0.05) is 44.8 Å². The van der Waals surface area contributed by atoms with Gasteiger partial charge in [-0.05, 0) is 77.0 Å². The van der Waals surface area contributed by atoms with E-state index in [9.17, 15) is 0 Å². The number of nitrogens with zero attached hydrogens (tertiary/aromatic N) is 2. The highest BCUT2D eigenvalue weighted by molar-refractivity contribution is 6.19. The molecule has 1 aliphatic rings. The summed E-state index contributed by atoms with van der Waals surface area (Å²) in [5, 5.41) is 5.01. The molecule has 0 aliphatic heterocycles. The van der Waals surface area contributed by atoms with Crippen molar-refractivity contribution in [1.29, 1.82) is 0 Å². The summed E-state index contributed by atoms with van der Waals surface area (Å²) in [7, 11) is 0. The summed E-state index contributed by atoms with van der Waals surface area (Å²) >= 11 is 0. The zero-order valence-electron chi connectivity index (χ0n) is 26.6. The molecule has 0 amide bonds. The molecule has 0 N–H and O–H groups in total. The van der Waals surface area contributed by atoms with Crippen LogP contribution in [0.2, 0.25) is 0 Å². The molecule has 7 aromatic carbocycles. The van der Waals surface area contributed by atoms with E-state index >= 15 is 0 Å². The second kappa shape index (κ2) is 11.9. The van der Waals surface area contributed by atoms with Gasteiger partial charge >= 0.3 is 0 Å². The van der Waals surface area contributed by atoms with Crippen molar-refractivity contribution >= 4 is 49.6 Å². The van der Waals surface area contributed by atoms with Gasteiger partial charge in [-0.15, -0.1) is 0 Å². The summed E-state index contributed by atoms with van der Waals surface area (Å²) in [6, 6.07) is 59.6. The van der Waals surface area contributed by atoms with E-state index in [0.29, 0.717) is 5.92 Å². The van der Waals surface area contributed by atoms with Crippen LogP contribution in [0.5, 0.6) is 0 Å². The standard InChI is InChI=1S/C46H34N2/c1-4-12-33(13-5-1)35-20-25-39(26-21-35)47(40-27-22-36(23-28-40)34-14-6-2-7-15-34)41-29-31-43-44-30-24-37-16-10-11-19-42(37)46(44)48(45(43)32-41)38-17-8-3-9-18-38/h1-14,16-32,34H,15H2. The number of para-hydroxylation sites is 1. The molecule has 2 nitrogen and oxygen atoms in total. The largest absolute Gasteiger partial charge is 0.310 e. The van der Waals surface area contributed by atoms with Crippen molar-refractivity contribution < 1.29 is 0 Å². The fourth-order valence-corrected chi connectivity index (χ4v) is 7.33. The molecule has 0 bridgehead atoms. The minimum absolute atomic E-state index is 0.412. The summed E-state index contributed by atoms with van der Waals surface area (Å²) in [4.78, 5) is 2.39. The van der Waals surface area contributed by atoms with Crippen molar-refractivity contribution in [2.75, 3.05) is 4.90 Å². The van der Waals surface area contributed by atoms with E-state index in [1.807, 2.05) is 0 Å². The Morgan fingerprint density at radius 3 is 1.90 bits per heavy atom. The molecule has 1 heterocycles. The summed E-state index contributed by atoms with van der Waals surface area (Å²) in [5.74, 6) is 0.412. The Bertz CT molecular complexity index is 2450. The molecule has 1 aliphatic carbocycles. The van der Waals surface area contributed by atoms with E-state index in [0.717, 1.165) is 29.2 Å². The summed E-state index contributed by atoms with van der Waals surface area (Å²) in [6.45, 7) is 0. The Kier molecular flexibility index (Phi) is 6.98. The van der Waals surface area contributed by atoms with Crippen molar-refractivity contribution in [3.8, 4) is 16.8 Å². The average molecular weight is 615 g/mol. The molecule has 1 atom stereocenters. The summed E-state index contributed by atoms with van der Waals surface area (Å²) < 4.78 is 2.44. The fourth-order valence-electron chi connectivity index (χ4n) is 7.33. The first-order chi connectivity index (χ1) is 23.8. The van der Waals surface area contributed by atoms with E-state index in [4.69, 9.17) is 0 Å². The molecule has 0 radical (unpaired) electrons. The molecule has 228 valence electrons. The third kappa shape index (κ3) is 4.90. The van der Waals surface area contributed by atoms with Gasteiger partial charge in [-0.3, -0.25) is 0 Å². The minimum Gasteiger partial charge on any atom is -0.310 e. The number of aromatic nitrogens is 1. The smallest absolute Gasteiger partial charge is 0.0619 e. The Morgan fingerprint density at radius 2 is 1.15 bits per heavy atom. The van der Waals surface area contributed by atoms with Gasteiger partial charge in [0.25, 0.3) is 0 Å². The van der Waals surface area contributed by atoms with E-state index in [1.54, 1.807) is 0 Å². The van der Waals surface area contributed by atoms with Crippen molar-refractivity contribution in [2.45, 2.75) is 12.3 Å². The number of hydrogen-bond donors (Lipinski definition) is 0. The maximum atomic E-state index is 2.44. The lowest BCUT2D eigenvalue weighted by Crippen LogP contribution is -2.10. The predicted molar refractivity (Wildman–Crippen MR) is 204 cm³/mol. The Hall–Kier alpha value is -6.12. The van der Waals surface area contributed by atoms with Crippen molar-refractivity contribution in [1.82, 2.24) is 4.57 Å². The second-order valence-corrected chi connectivity index (χ2v) is 12.6. The van der Waals surface area contributed by atoms with Crippen LogP contribution in [-0.2, 0) is 0 Å². The molecule has 1 unspecified atom stereocenters. The molecule has 1 aromatic heterocycles. The van der Waals surface area contributed by atoms with E-state index in [2.05, 4.69) is 198 Å². The molecule has 48 heavy (non-hydrogen) atoms. The van der Waals surface area contributed by atoms with Crippen LogP contribution < -0.4 is 4.90 Å². The van der Waals surface area contributed by atoms with Gasteiger partial charge in [0.15, 0.2) is 0 Å². The Labute approximate surface area is 281 Å². The van der Waals surface area contributed by atoms with Crippen LogP contribution >= 0.6 is 0 Å².